The van der Waals surface area contributed by atoms with Crippen molar-refractivity contribution >= 4 is 28.9 Å². The molecule has 0 bridgehead atoms. The van der Waals surface area contributed by atoms with Gasteiger partial charge >= 0.3 is 0 Å². The van der Waals surface area contributed by atoms with Gasteiger partial charge in [-0.2, -0.15) is 5.10 Å². The fourth-order valence-corrected chi connectivity index (χ4v) is 3.43. The Morgan fingerprint density at radius 1 is 1.21 bits per heavy atom. The highest BCUT2D eigenvalue weighted by Crippen LogP contribution is 2.30. The first-order chi connectivity index (χ1) is 13.6. The molecule has 1 aromatic carbocycles. The van der Waals surface area contributed by atoms with Crippen molar-refractivity contribution < 1.29 is 9.21 Å². The van der Waals surface area contributed by atoms with Gasteiger partial charge in [-0.15, -0.1) is 0 Å². The van der Waals surface area contributed by atoms with Crippen LogP contribution in [0, 0.1) is 0 Å². The first kappa shape index (κ1) is 18.6. The first-order valence-corrected chi connectivity index (χ1v) is 9.57. The topological polar surface area (TPSA) is 66.5 Å². The van der Waals surface area contributed by atoms with Gasteiger partial charge in [-0.1, -0.05) is 11.6 Å². The number of benzene rings is 1. The van der Waals surface area contributed by atoms with E-state index < -0.39 is 0 Å². The van der Waals surface area contributed by atoms with E-state index >= 15 is 0 Å². The third-order valence-corrected chi connectivity index (χ3v) is 5.05. The molecule has 1 aliphatic heterocycles. The summed E-state index contributed by atoms with van der Waals surface area (Å²) in [6.45, 7) is 4.23. The molecular formula is C20H22ClN5O2. The lowest BCUT2D eigenvalue weighted by molar-refractivity contribution is 0.0994. The second-order valence-electron chi connectivity index (χ2n) is 6.88. The highest BCUT2D eigenvalue weighted by Gasteiger charge is 2.20. The number of piperazine rings is 1. The Labute approximate surface area is 168 Å². The number of aromatic nitrogens is 2. The van der Waals surface area contributed by atoms with Gasteiger partial charge in [-0.25, -0.2) is 0 Å². The van der Waals surface area contributed by atoms with Crippen LogP contribution in [0.15, 0.2) is 53.2 Å². The normalized spacial score (nSPS) is 15.0. The molecule has 0 aliphatic carbocycles. The molecule has 0 atom stereocenters. The summed E-state index contributed by atoms with van der Waals surface area (Å²) in [5.41, 5.74) is 1.65. The van der Waals surface area contributed by atoms with Crippen LogP contribution in [0.5, 0.6) is 0 Å². The number of carbonyl (C=O) groups excluding carboxylic acids is 1. The lowest BCUT2D eigenvalue weighted by Gasteiger charge is -2.35. The zero-order chi connectivity index (χ0) is 19.5. The van der Waals surface area contributed by atoms with Gasteiger partial charge in [0, 0.05) is 43.6 Å². The molecule has 1 aliphatic rings. The zero-order valence-corrected chi connectivity index (χ0v) is 16.4. The van der Waals surface area contributed by atoms with Gasteiger partial charge in [0.15, 0.2) is 5.76 Å². The summed E-state index contributed by atoms with van der Waals surface area (Å²) in [6.07, 6.45) is 3.55. The van der Waals surface area contributed by atoms with Gasteiger partial charge < -0.3 is 19.5 Å². The minimum Gasteiger partial charge on any atom is -0.454 e. The van der Waals surface area contributed by atoms with Crippen molar-refractivity contribution in [3.05, 3.63) is 65.3 Å². The van der Waals surface area contributed by atoms with Crippen molar-refractivity contribution in [1.29, 1.82) is 0 Å². The maximum Gasteiger partial charge on any atom is 0.291 e. The van der Waals surface area contributed by atoms with Gasteiger partial charge in [0.05, 0.1) is 17.9 Å². The molecule has 1 fully saturated rings. The van der Waals surface area contributed by atoms with E-state index in [0.717, 1.165) is 31.9 Å². The van der Waals surface area contributed by atoms with E-state index in [1.54, 1.807) is 29.1 Å². The summed E-state index contributed by atoms with van der Waals surface area (Å²) < 4.78 is 7.43. The highest BCUT2D eigenvalue weighted by atomic mass is 35.5. The molecule has 7 nitrogen and oxygen atoms in total. The van der Waals surface area contributed by atoms with E-state index in [2.05, 4.69) is 27.3 Å². The fourth-order valence-electron chi connectivity index (χ4n) is 3.25. The fraction of sp³-hybridized carbons (Fsp3) is 0.300. The van der Waals surface area contributed by atoms with Crippen LogP contribution in [0.3, 0.4) is 0 Å². The number of hydrogen-bond acceptors (Lipinski definition) is 5. The highest BCUT2D eigenvalue weighted by molar-refractivity contribution is 6.31. The minimum absolute atomic E-state index is 0.256. The summed E-state index contributed by atoms with van der Waals surface area (Å²) in [5, 5.41) is 7.67. The van der Waals surface area contributed by atoms with Crippen molar-refractivity contribution in [3.8, 4) is 0 Å². The molecule has 0 saturated carbocycles. The third kappa shape index (κ3) is 4.21. The Balaban J connectivity index is 1.50. The van der Waals surface area contributed by atoms with Crippen molar-refractivity contribution in [3.63, 3.8) is 0 Å². The van der Waals surface area contributed by atoms with Crippen LogP contribution in [0.25, 0.3) is 0 Å². The second kappa shape index (κ2) is 8.08. The number of furan rings is 1. The molecular weight excluding hydrogens is 378 g/mol. The van der Waals surface area contributed by atoms with E-state index in [1.807, 2.05) is 24.4 Å². The van der Waals surface area contributed by atoms with Gasteiger partial charge in [0.25, 0.3) is 5.91 Å². The second-order valence-corrected chi connectivity index (χ2v) is 7.31. The van der Waals surface area contributed by atoms with E-state index in [-0.39, 0.29) is 11.7 Å². The largest absolute Gasteiger partial charge is 0.454 e. The Bertz CT molecular complexity index is 945. The van der Waals surface area contributed by atoms with Gasteiger partial charge in [-0.05, 0) is 43.4 Å². The lowest BCUT2D eigenvalue weighted by Crippen LogP contribution is -2.44. The molecule has 3 aromatic rings. The zero-order valence-electron chi connectivity index (χ0n) is 15.6. The number of nitrogens with zero attached hydrogens (tertiary/aromatic N) is 4. The van der Waals surface area contributed by atoms with Gasteiger partial charge in [0.1, 0.15) is 5.76 Å². The number of hydrogen-bond donors (Lipinski definition) is 1. The SMILES string of the molecule is CN1CCN(c2ccc(Cl)cc2NC(=O)c2ccc(Cn3cccn3)o2)CC1. The molecule has 1 N–H and O–H groups in total. The quantitative estimate of drug-likeness (QED) is 0.713. The van der Waals surface area contributed by atoms with Gasteiger partial charge in [-0.3, -0.25) is 9.48 Å². The molecule has 2 aromatic heterocycles. The third-order valence-electron chi connectivity index (χ3n) is 4.81. The number of likely N-dealkylation sites (N-methyl/N-ethyl adjacent to an activating group) is 1. The Hall–Kier alpha value is -2.77. The lowest BCUT2D eigenvalue weighted by atomic mass is 10.2. The van der Waals surface area contributed by atoms with Crippen molar-refractivity contribution in [2.24, 2.45) is 0 Å². The molecule has 0 radical (unpaired) electrons. The van der Waals surface area contributed by atoms with E-state index in [1.165, 1.54) is 0 Å². The standard InChI is InChI=1S/C20H22ClN5O2/c1-24-9-11-25(12-10-24)18-5-3-15(21)13-17(18)23-20(27)19-6-4-16(28-19)14-26-8-2-7-22-26/h2-8,13H,9-12,14H2,1H3,(H,23,27). The average molecular weight is 400 g/mol. The molecule has 8 heteroatoms. The van der Waals surface area contributed by atoms with E-state index in [4.69, 9.17) is 16.0 Å². The van der Waals surface area contributed by atoms with Crippen LogP contribution in [-0.4, -0.2) is 53.8 Å². The smallest absolute Gasteiger partial charge is 0.291 e. The summed E-state index contributed by atoms with van der Waals surface area (Å²) >= 11 is 6.18. The van der Waals surface area contributed by atoms with Crippen molar-refractivity contribution in [2.45, 2.75) is 6.54 Å². The molecule has 1 amide bonds. The van der Waals surface area contributed by atoms with Crippen LogP contribution >= 0.6 is 11.6 Å². The van der Waals surface area contributed by atoms with Crippen LogP contribution in [0.2, 0.25) is 5.02 Å². The molecule has 146 valence electrons. The van der Waals surface area contributed by atoms with E-state index in [0.29, 0.717) is 23.0 Å². The molecule has 0 unspecified atom stereocenters. The predicted octanol–water partition coefficient (Wildman–Crippen LogP) is 3.18. The number of carbonyl (C=O) groups is 1. The predicted molar refractivity (Wildman–Crippen MR) is 109 cm³/mol. The maximum absolute atomic E-state index is 12.7. The summed E-state index contributed by atoms with van der Waals surface area (Å²) in [7, 11) is 2.11. The number of halogens is 1. The Kier molecular flexibility index (Phi) is 5.36. The van der Waals surface area contributed by atoms with Crippen LogP contribution in [-0.2, 0) is 6.54 Å². The molecule has 4 rings (SSSR count). The van der Waals surface area contributed by atoms with Crippen molar-refractivity contribution in [2.75, 3.05) is 43.4 Å². The first-order valence-electron chi connectivity index (χ1n) is 9.19. The number of nitrogens with one attached hydrogen (secondary N) is 1. The molecule has 1 saturated heterocycles. The number of anilines is 2. The summed E-state index contributed by atoms with van der Waals surface area (Å²) in [5.74, 6) is 0.620. The average Bonchev–Trinajstić information content (AvgIpc) is 3.35. The van der Waals surface area contributed by atoms with Crippen LogP contribution in [0.4, 0.5) is 11.4 Å². The number of rotatable bonds is 5. The Morgan fingerprint density at radius 3 is 2.79 bits per heavy atom. The number of amides is 1. The van der Waals surface area contributed by atoms with Crippen LogP contribution in [0.1, 0.15) is 16.3 Å². The minimum atomic E-state index is -0.302. The summed E-state index contributed by atoms with van der Waals surface area (Å²) in [6, 6.07) is 10.9. The van der Waals surface area contributed by atoms with Crippen molar-refractivity contribution in [1.82, 2.24) is 14.7 Å². The van der Waals surface area contributed by atoms with E-state index in [9.17, 15) is 4.79 Å². The molecule has 0 spiro atoms. The van der Waals surface area contributed by atoms with Gasteiger partial charge in [0.2, 0.25) is 0 Å². The Morgan fingerprint density at radius 2 is 2.04 bits per heavy atom. The molecule has 28 heavy (non-hydrogen) atoms. The maximum atomic E-state index is 12.7. The monoisotopic (exact) mass is 399 g/mol. The molecule has 3 heterocycles. The van der Waals surface area contributed by atoms with Crippen LogP contribution < -0.4 is 10.2 Å². The summed E-state index contributed by atoms with van der Waals surface area (Å²) in [4.78, 5) is 17.3.